The van der Waals surface area contributed by atoms with Crippen LogP contribution in [0.5, 0.6) is 0 Å². The van der Waals surface area contributed by atoms with E-state index in [9.17, 15) is 4.79 Å². The van der Waals surface area contributed by atoms with Gasteiger partial charge >= 0.3 is 0 Å². The van der Waals surface area contributed by atoms with Crippen LogP contribution in [0.1, 0.15) is 40.7 Å². The number of benzene rings is 1. The Morgan fingerprint density at radius 3 is 2.21 bits per heavy atom. The van der Waals surface area contributed by atoms with Crippen LogP contribution in [0, 0.1) is 27.7 Å². The molecule has 0 aliphatic carbocycles. The highest BCUT2D eigenvalue weighted by molar-refractivity contribution is 5.76. The lowest BCUT2D eigenvalue weighted by Crippen LogP contribution is -2.24. The van der Waals surface area contributed by atoms with Crippen LogP contribution in [0.2, 0.25) is 0 Å². The molecule has 0 aromatic heterocycles. The Bertz CT molecular complexity index is 426. The first kappa shape index (κ1) is 15.7. The van der Waals surface area contributed by atoms with Gasteiger partial charge in [-0.1, -0.05) is 6.07 Å². The van der Waals surface area contributed by atoms with Crippen molar-refractivity contribution in [2.45, 2.75) is 47.1 Å². The van der Waals surface area contributed by atoms with Gasteiger partial charge in [0.2, 0.25) is 5.91 Å². The minimum absolute atomic E-state index is 0.133. The zero-order chi connectivity index (χ0) is 14.4. The van der Waals surface area contributed by atoms with Crippen LogP contribution >= 0.6 is 0 Å². The van der Waals surface area contributed by atoms with Gasteiger partial charge in [0, 0.05) is 13.0 Å². The van der Waals surface area contributed by atoms with Crippen LogP contribution in [0.25, 0.3) is 0 Å². The van der Waals surface area contributed by atoms with Crippen molar-refractivity contribution in [3.63, 3.8) is 0 Å². The SMILES string of the molecule is CNCCCC(=O)NCc1c(C)c(C)cc(C)c1C. The molecule has 1 amide bonds. The fraction of sp³-hybridized carbons (Fsp3) is 0.562. The number of carbonyl (C=O) groups is 1. The lowest BCUT2D eigenvalue weighted by atomic mass is 9.94. The Morgan fingerprint density at radius 1 is 1.11 bits per heavy atom. The van der Waals surface area contributed by atoms with Crippen molar-refractivity contribution in [2.75, 3.05) is 13.6 Å². The second-order valence-corrected chi connectivity index (χ2v) is 5.22. The standard InChI is InChI=1S/C16H26N2O/c1-11-9-12(2)14(4)15(13(11)3)10-18-16(19)7-6-8-17-5/h9,17H,6-8,10H2,1-5H3,(H,18,19). The predicted molar refractivity (Wildman–Crippen MR) is 80.4 cm³/mol. The molecular formula is C16H26N2O. The summed E-state index contributed by atoms with van der Waals surface area (Å²) < 4.78 is 0. The third-order valence-corrected chi connectivity index (χ3v) is 3.81. The van der Waals surface area contributed by atoms with E-state index in [2.05, 4.69) is 44.4 Å². The number of amides is 1. The van der Waals surface area contributed by atoms with Crippen LogP contribution in [-0.4, -0.2) is 19.5 Å². The molecule has 1 rings (SSSR count). The first-order chi connectivity index (χ1) is 8.97. The molecular weight excluding hydrogens is 236 g/mol. The van der Waals surface area contributed by atoms with E-state index in [1.54, 1.807) is 0 Å². The van der Waals surface area contributed by atoms with E-state index in [1.807, 2.05) is 7.05 Å². The number of rotatable bonds is 6. The van der Waals surface area contributed by atoms with Gasteiger partial charge in [-0.25, -0.2) is 0 Å². The number of hydrogen-bond acceptors (Lipinski definition) is 2. The third-order valence-electron chi connectivity index (χ3n) is 3.81. The van der Waals surface area contributed by atoms with Gasteiger partial charge in [0.05, 0.1) is 0 Å². The Kier molecular flexibility index (Phi) is 6.03. The van der Waals surface area contributed by atoms with Gasteiger partial charge in [0.25, 0.3) is 0 Å². The monoisotopic (exact) mass is 262 g/mol. The second-order valence-electron chi connectivity index (χ2n) is 5.22. The van der Waals surface area contributed by atoms with E-state index in [4.69, 9.17) is 0 Å². The molecule has 0 spiro atoms. The summed E-state index contributed by atoms with van der Waals surface area (Å²) in [7, 11) is 1.90. The zero-order valence-electron chi connectivity index (χ0n) is 12.8. The van der Waals surface area contributed by atoms with E-state index in [1.165, 1.54) is 27.8 Å². The smallest absolute Gasteiger partial charge is 0.220 e. The summed E-state index contributed by atoms with van der Waals surface area (Å²) in [5.41, 5.74) is 6.43. The van der Waals surface area contributed by atoms with E-state index in [0.29, 0.717) is 13.0 Å². The number of aryl methyl sites for hydroxylation is 2. The van der Waals surface area contributed by atoms with Gasteiger partial charge in [-0.15, -0.1) is 0 Å². The molecule has 0 aliphatic heterocycles. The Morgan fingerprint density at radius 2 is 1.68 bits per heavy atom. The van der Waals surface area contributed by atoms with E-state index in [0.717, 1.165) is 13.0 Å². The highest BCUT2D eigenvalue weighted by Gasteiger charge is 2.09. The van der Waals surface area contributed by atoms with E-state index >= 15 is 0 Å². The maximum Gasteiger partial charge on any atom is 0.220 e. The van der Waals surface area contributed by atoms with Gasteiger partial charge < -0.3 is 10.6 Å². The summed E-state index contributed by atoms with van der Waals surface area (Å²) in [4.78, 5) is 11.7. The van der Waals surface area contributed by atoms with Crippen molar-refractivity contribution < 1.29 is 4.79 Å². The van der Waals surface area contributed by atoms with Crippen LogP contribution in [0.4, 0.5) is 0 Å². The molecule has 1 aromatic carbocycles. The fourth-order valence-corrected chi connectivity index (χ4v) is 2.26. The quantitative estimate of drug-likeness (QED) is 0.774. The average molecular weight is 262 g/mol. The molecule has 0 atom stereocenters. The molecule has 3 heteroatoms. The van der Waals surface area contributed by atoms with Crippen molar-refractivity contribution in [1.29, 1.82) is 0 Å². The van der Waals surface area contributed by atoms with Crippen molar-refractivity contribution in [3.05, 3.63) is 33.9 Å². The normalized spacial score (nSPS) is 10.6. The fourth-order valence-electron chi connectivity index (χ4n) is 2.26. The van der Waals surface area contributed by atoms with E-state index < -0.39 is 0 Å². The van der Waals surface area contributed by atoms with Crippen LogP contribution in [-0.2, 0) is 11.3 Å². The lowest BCUT2D eigenvalue weighted by Gasteiger charge is -2.16. The molecule has 3 nitrogen and oxygen atoms in total. The van der Waals surface area contributed by atoms with Crippen molar-refractivity contribution >= 4 is 5.91 Å². The Hall–Kier alpha value is -1.35. The summed E-state index contributed by atoms with van der Waals surface area (Å²) in [6.07, 6.45) is 1.47. The molecule has 0 heterocycles. The maximum absolute atomic E-state index is 11.7. The molecule has 0 saturated carbocycles. The summed E-state index contributed by atoms with van der Waals surface area (Å²) in [6, 6.07) is 2.21. The summed E-state index contributed by atoms with van der Waals surface area (Å²) in [5, 5.41) is 6.08. The summed E-state index contributed by atoms with van der Waals surface area (Å²) in [6.45, 7) is 10.0. The number of carbonyl (C=O) groups excluding carboxylic acids is 1. The molecule has 0 fully saturated rings. The Balaban J connectivity index is 2.65. The summed E-state index contributed by atoms with van der Waals surface area (Å²) >= 11 is 0. The van der Waals surface area contributed by atoms with Gasteiger partial charge in [-0.3, -0.25) is 4.79 Å². The largest absolute Gasteiger partial charge is 0.352 e. The van der Waals surface area contributed by atoms with Crippen LogP contribution in [0.3, 0.4) is 0 Å². The highest BCUT2D eigenvalue weighted by Crippen LogP contribution is 2.21. The lowest BCUT2D eigenvalue weighted by molar-refractivity contribution is -0.121. The van der Waals surface area contributed by atoms with Crippen molar-refractivity contribution in [1.82, 2.24) is 10.6 Å². The van der Waals surface area contributed by atoms with Crippen LogP contribution < -0.4 is 10.6 Å². The van der Waals surface area contributed by atoms with E-state index in [-0.39, 0.29) is 5.91 Å². The van der Waals surface area contributed by atoms with Crippen molar-refractivity contribution in [3.8, 4) is 0 Å². The summed E-state index contributed by atoms with van der Waals surface area (Å²) in [5.74, 6) is 0.133. The topological polar surface area (TPSA) is 41.1 Å². The minimum Gasteiger partial charge on any atom is -0.352 e. The first-order valence-electron chi connectivity index (χ1n) is 6.95. The molecule has 0 saturated heterocycles. The van der Waals surface area contributed by atoms with Gasteiger partial charge in [0.15, 0.2) is 0 Å². The molecule has 2 N–H and O–H groups in total. The predicted octanol–water partition coefficient (Wildman–Crippen LogP) is 2.54. The molecule has 1 aromatic rings. The maximum atomic E-state index is 11.7. The molecule has 19 heavy (non-hydrogen) atoms. The number of nitrogens with one attached hydrogen (secondary N) is 2. The van der Waals surface area contributed by atoms with Gasteiger partial charge in [0.1, 0.15) is 0 Å². The highest BCUT2D eigenvalue weighted by atomic mass is 16.1. The molecule has 106 valence electrons. The van der Waals surface area contributed by atoms with Crippen LogP contribution in [0.15, 0.2) is 6.07 Å². The minimum atomic E-state index is 0.133. The first-order valence-corrected chi connectivity index (χ1v) is 6.95. The zero-order valence-corrected chi connectivity index (χ0v) is 12.8. The van der Waals surface area contributed by atoms with Gasteiger partial charge in [-0.05, 0) is 75.5 Å². The average Bonchev–Trinajstić information content (AvgIpc) is 2.37. The second kappa shape index (κ2) is 7.29. The molecule has 0 radical (unpaired) electrons. The third kappa shape index (κ3) is 4.35. The number of hydrogen-bond donors (Lipinski definition) is 2. The Labute approximate surface area is 116 Å². The van der Waals surface area contributed by atoms with Gasteiger partial charge in [-0.2, -0.15) is 0 Å². The van der Waals surface area contributed by atoms with Crippen molar-refractivity contribution in [2.24, 2.45) is 0 Å². The molecule has 0 unspecified atom stereocenters. The molecule has 0 aliphatic rings. The molecule has 0 bridgehead atoms.